The number of carbonyl (C=O) groups is 2. The van der Waals surface area contributed by atoms with Gasteiger partial charge in [-0.3, -0.25) is 9.59 Å². The quantitative estimate of drug-likeness (QED) is 0.817. The molecule has 1 saturated heterocycles. The molecule has 2 aromatic carbocycles. The number of methoxy groups -OCH3 is 1. The molecule has 1 heterocycles. The van der Waals surface area contributed by atoms with E-state index in [-0.39, 0.29) is 11.8 Å². The summed E-state index contributed by atoms with van der Waals surface area (Å²) in [7, 11) is 1.63. The second-order valence-electron chi connectivity index (χ2n) is 6.86. The van der Waals surface area contributed by atoms with Crippen molar-refractivity contribution in [3.05, 3.63) is 59.7 Å². The number of nitrogens with one attached hydrogen (secondary N) is 1. The molecule has 0 unspecified atom stereocenters. The molecule has 1 N–H and O–H groups in total. The summed E-state index contributed by atoms with van der Waals surface area (Å²) >= 11 is 0. The highest BCUT2D eigenvalue weighted by Crippen LogP contribution is 2.15. The Labute approximate surface area is 160 Å². The second-order valence-corrected chi connectivity index (χ2v) is 6.86. The maximum Gasteiger partial charge on any atom is 0.226 e. The van der Waals surface area contributed by atoms with Crippen molar-refractivity contribution in [1.29, 1.82) is 0 Å². The van der Waals surface area contributed by atoms with E-state index in [1.165, 1.54) is 0 Å². The number of benzene rings is 2. The number of amides is 2. The van der Waals surface area contributed by atoms with Gasteiger partial charge in [-0.15, -0.1) is 0 Å². The lowest BCUT2D eigenvalue weighted by Crippen LogP contribution is -2.29. The highest BCUT2D eigenvalue weighted by molar-refractivity contribution is 5.90. The van der Waals surface area contributed by atoms with E-state index in [1.54, 1.807) is 7.11 Å². The van der Waals surface area contributed by atoms with Gasteiger partial charge in [0.25, 0.3) is 0 Å². The molecule has 0 atom stereocenters. The predicted octanol–water partition coefficient (Wildman–Crippen LogP) is 3.43. The Balaban J connectivity index is 1.45. The number of hydrogen-bond donors (Lipinski definition) is 1. The van der Waals surface area contributed by atoms with Crippen molar-refractivity contribution < 1.29 is 14.3 Å². The van der Waals surface area contributed by atoms with Crippen molar-refractivity contribution in [2.45, 2.75) is 32.1 Å². The zero-order valence-corrected chi connectivity index (χ0v) is 15.7. The summed E-state index contributed by atoms with van der Waals surface area (Å²) in [4.78, 5) is 26.3. The molecule has 27 heavy (non-hydrogen) atoms. The number of hydrogen-bond acceptors (Lipinski definition) is 3. The molecule has 5 heteroatoms. The molecule has 0 aliphatic carbocycles. The van der Waals surface area contributed by atoms with Gasteiger partial charge in [0.1, 0.15) is 5.75 Å². The van der Waals surface area contributed by atoms with Crippen LogP contribution in [0.3, 0.4) is 0 Å². The average molecular weight is 366 g/mol. The van der Waals surface area contributed by atoms with Gasteiger partial charge in [-0.05, 0) is 54.7 Å². The third kappa shape index (κ3) is 5.58. The lowest BCUT2D eigenvalue weighted by atomic mass is 10.1. The van der Waals surface area contributed by atoms with Crippen LogP contribution in [0.15, 0.2) is 48.5 Å². The highest BCUT2D eigenvalue weighted by Gasteiger charge is 2.17. The Bertz CT molecular complexity index is 763. The third-order valence-corrected chi connectivity index (χ3v) is 4.85. The molecule has 2 amide bonds. The van der Waals surface area contributed by atoms with Crippen LogP contribution in [0, 0.1) is 0 Å². The second kappa shape index (κ2) is 9.21. The Morgan fingerprint density at radius 3 is 2.22 bits per heavy atom. The van der Waals surface area contributed by atoms with E-state index < -0.39 is 0 Å². The van der Waals surface area contributed by atoms with Gasteiger partial charge < -0.3 is 15.0 Å². The molecule has 0 spiro atoms. The first-order chi connectivity index (χ1) is 13.1. The Hall–Kier alpha value is -2.82. The predicted molar refractivity (Wildman–Crippen MR) is 106 cm³/mol. The van der Waals surface area contributed by atoms with E-state index in [0.717, 1.165) is 48.5 Å². The number of anilines is 1. The summed E-state index contributed by atoms with van der Waals surface area (Å²) in [5, 5.41) is 2.91. The fourth-order valence-corrected chi connectivity index (χ4v) is 3.23. The molecule has 1 aliphatic rings. The number of aryl methyl sites for hydroxylation is 1. The average Bonchev–Trinajstić information content (AvgIpc) is 3.23. The van der Waals surface area contributed by atoms with E-state index in [4.69, 9.17) is 4.74 Å². The summed E-state index contributed by atoms with van der Waals surface area (Å²) in [6.07, 6.45) is 3.73. The van der Waals surface area contributed by atoms with Gasteiger partial charge in [-0.1, -0.05) is 24.3 Å². The number of rotatable bonds is 7. The molecular formula is C22H26N2O3. The topological polar surface area (TPSA) is 58.6 Å². The number of nitrogens with zero attached hydrogens (tertiary/aromatic N) is 1. The van der Waals surface area contributed by atoms with E-state index in [9.17, 15) is 9.59 Å². The minimum absolute atomic E-state index is 0.0216. The molecule has 0 bridgehead atoms. The minimum Gasteiger partial charge on any atom is -0.497 e. The van der Waals surface area contributed by atoms with Crippen molar-refractivity contribution in [3.63, 3.8) is 0 Å². The van der Waals surface area contributed by atoms with Crippen LogP contribution in [0.1, 0.15) is 30.4 Å². The fraction of sp³-hybridized carbons (Fsp3) is 0.364. The smallest absolute Gasteiger partial charge is 0.226 e. The van der Waals surface area contributed by atoms with Gasteiger partial charge in [-0.25, -0.2) is 0 Å². The van der Waals surface area contributed by atoms with Crippen LogP contribution in [0.25, 0.3) is 0 Å². The van der Waals surface area contributed by atoms with Crippen LogP contribution in [0.2, 0.25) is 0 Å². The summed E-state index contributed by atoms with van der Waals surface area (Å²) in [6.45, 7) is 1.75. The first-order valence-corrected chi connectivity index (χ1v) is 9.43. The van der Waals surface area contributed by atoms with Crippen molar-refractivity contribution in [2.75, 3.05) is 25.5 Å². The minimum atomic E-state index is -0.0216. The monoisotopic (exact) mass is 366 g/mol. The molecule has 142 valence electrons. The van der Waals surface area contributed by atoms with E-state index in [1.807, 2.05) is 53.4 Å². The largest absolute Gasteiger partial charge is 0.497 e. The van der Waals surface area contributed by atoms with Crippen LogP contribution in [-0.4, -0.2) is 36.9 Å². The summed E-state index contributed by atoms with van der Waals surface area (Å²) in [5.41, 5.74) is 2.83. The Morgan fingerprint density at radius 2 is 1.59 bits per heavy atom. The molecule has 0 aromatic heterocycles. The van der Waals surface area contributed by atoms with Gasteiger partial charge in [-0.2, -0.15) is 0 Å². The molecule has 5 nitrogen and oxygen atoms in total. The van der Waals surface area contributed by atoms with Gasteiger partial charge in [0.05, 0.1) is 13.5 Å². The summed E-state index contributed by atoms with van der Waals surface area (Å²) in [6, 6.07) is 15.3. The fourth-order valence-electron chi connectivity index (χ4n) is 3.23. The van der Waals surface area contributed by atoms with Crippen molar-refractivity contribution >= 4 is 17.5 Å². The Morgan fingerprint density at radius 1 is 0.963 bits per heavy atom. The molecule has 1 fully saturated rings. The van der Waals surface area contributed by atoms with Crippen LogP contribution >= 0.6 is 0 Å². The van der Waals surface area contributed by atoms with Crippen LogP contribution in [0.4, 0.5) is 5.69 Å². The first kappa shape index (κ1) is 19.0. The molecule has 1 aliphatic heterocycles. The third-order valence-electron chi connectivity index (χ3n) is 4.85. The molecule has 2 aromatic rings. The lowest BCUT2D eigenvalue weighted by molar-refractivity contribution is -0.129. The van der Waals surface area contributed by atoms with Gasteiger partial charge >= 0.3 is 0 Å². The van der Waals surface area contributed by atoms with Crippen LogP contribution in [-0.2, 0) is 22.4 Å². The van der Waals surface area contributed by atoms with Gasteiger partial charge in [0.2, 0.25) is 11.8 Å². The summed E-state index contributed by atoms with van der Waals surface area (Å²) < 4.78 is 5.13. The van der Waals surface area contributed by atoms with Crippen molar-refractivity contribution in [2.24, 2.45) is 0 Å². The number of likely N-dealkylation sites (tertiary alicyclic amines) is 1. The van der Waals surface area contributed by atoms with Crippen LogP contribution in [0.5, 0.6) is 5.75 Å². The number of ether oxygens (including phenoxy) is 1. The maximum absolute atomic E-state index is 12.2. The SMILES string of the molecule is COc1ccc(CCC(=O)Nc2ccc(CC(=O)N3CCCC3)cc2)cc1. The van der Waals surface area contributed by atoms with Gasteiger partial charge in [0, 0.05) is 25.2 Å². The summed E-state index contributed by atoms with van der Waals surface area (Å²) in [5.74, 6) is 0.974. The molecule has 0 saturated carbocycles. The highest BCUT2D eigenvalue weighted by atomic mass is 16.5. The molecular weight excluding hydrogens is 340 g/mol. The van der Waals surface area contributed by atoms with E-state index >= 15 is 0 Å². The lowest BCUT2D eigenvalue weighted by Gasteiger charge is -2.15. The molecule has 0 radical (unpaired) electrons. The van der Waals surface area contributed by atoms with E-state index in [0.29, 0.717) is 19.3 Å². The number of carbonyl (C=O) groups excluding carboxylic acids is 2. The van der Waals surface area contributed by atoms with E-state index in [2.05, 4.69) is 5.32 Å². The van der Waals surface area contributed by atoms with Crippen molar-refractivity contribution in [3.8, 4) is 5.75 Å². The molecule has 3 rings (SSSR count). The first-order valence-electron chi connectivity index (χ1n) is 9.43. The Kier molecular flexibility index (Phi) is 6.47. The van der Waals surface area contributed by atoms with Gasteiger partial charge in [0.15, 0.2) is 0 Å². The standard InChI is InChI=1S/C22H26N2O3/c1-27-20-11-6-17(7-12-20)8-13-21(25)23-19-9-4-18(5-10-19)16-22(26)24-14-2-3-15-24/h4-7,9-12H,2-3,8,13-16H2,1H3,(H,23,25). The van der Waals surface area contributed by atoms with Crippen LogP contribution < -0.4 is 10.1 Å². The zero-order chi connectivity index (χ0) is 19.1. The zero-order valence-electron chi connectivity index (χ0n) is 15.7. The maximum atomic E-state index is 12.2. The normalized spacial score (nSPS) is 13.4. The van der Waals surface area contributed by atoms with Crippen molar-refractivity contribution in [1.82, 2.24) is 4.90 Å².